The summed E-state index contributed by atoms with van der Waals surface area (Å²) in [5.74, 6) is -1.01. The van der Waals surface area contributed by atoms with Crippen LogP contribution in [0.1, 0.15) is 21.5 Å². The summed E-state index contributed by atoms with van der Waals surface area (Å²) in [7, 11) is 0. The van der Waals surface area contributed by atoms with E-state index in [2.05, 4.69) is 12.1 Å². The highest BCUT2D eigenvalue weighted by atomic mass is 16.4. The topological polar surface area (TPSA) is 84.9 Å². The first kappa shape index (κ1) is 16.7. The average Bonchev–Trinajstić information content (AvgIpc) is 2.77. The molecule has 0 atom stereocenters. The summed E-state index contributed by atoms with van der Waals surface area (Å²) >= 11 is 0. The van der Waals surface area contributed by atoms with Crippen molar-refractivity contribution in [2.75, 3.05) is 0 Å². The predicted octanol–water partition coefficient (Wildman–Crippen LogP) is 5.74. The van der Waals surface area contributed by atoms with Crippen LogP contribution in [0.15, 0.2) is 66.7 Å². The Morgan fingerprint density at radius 2 is 1.14 bits per heavy atom. The van der Waals surface area contributed by atoms with Gasteiger partial charge in [-0.05, 0) is 33.7 Å². The maximum Gasteiger partial charge on any atom is 0.335 e. The molecule has 0 saturated heterocycles. The fourth-order valence-electron chi connectivity index (χ4n) is 4.26. The first-order valence-electron chi connectivity index (χ1n) is 9.02. The van der Waals surface area contributed by atoms with Gasteiger partial charge in [0.25, 0.3) is 0 Å². The number of carboxylic acids is 1. The Balaban J connectivity index is 2.23. The first-order chi connectivity index (χ1) is 14.2. The lowest BCUT2D eigenvalue weighted by atomic mass is 9.85. The van der Waals surface area contributed by atoms with E-state index in [1.165, 1.54) is 0 Å². The second kappa shape index (κ2) is 6.05. The molecule has 0 aliphatic rings. The van der Waals surface area contributed by atoms with Crippen LogP contribution >= 0.6 is 0 Å². The van der Waals surface area contributed by atoms with Crippen LogP contribution in [0.3, 0.4) is 0 Å². The highest BCUT2D eigenvalue weighted by Gasteiger charge is 2.20. The molecule has 0 fully saturated rings. The molecule has 4 nitrogen and oxygen atoms in total. The second-order valence-electron chi connectivity index (χ2n) is 6.88. The van der Waals surface area contributed by atoms with Crippen LogP contribution in [0.25, 0.3) is 43.1 Å². The van der Waals surface area contributed by atoms with Crippen LogP contribution in [0.4, 0.5) is 0 Å². The number of hydrogen-bond acceptors (Lipinski definition) is 3. The van der Waals surface area contributed by atoms with Crippen molar-refractivity contribution in [2.24, 2.45) is 0 Å². The molecule has 0 aromatic heterocycles. The molecule has 0 saturated carbocycles. The van der Waals surface area contributed by atoms with Gasteiger partial charge in [0.15, 0.2) is 0 Å². The average molecular weight is 372 g/mol. The van der Waals surface area contributed by atoms with E-state index in [0.717, 1.165) is 37.7 Å². The Morgan fingerprint density at radius 1 is 0.655 bits per heavy atom. The fraction of sp³-hybridized carbons (Fsp3) is 0. The SMILES string of the molecule is N#Cc1c2ccccc2c(C#N)c2c3ccc(C(=O)O)cc3c3ccccc3c12. The zero-order valence-corrected chi connectivity index (χ0v) is 15.1. The van der Waals surface area contributed by atoms with Gasteiger partial charge in [0, 0.05) is 21.5 Å². The van der Waals surface area contributed by atoms with Gasteiger partial charge in [0.2, 0.25) is 0 Å². The van der Waals surface area contributed by atoms with E-state index >= 15 is 0 Å². The van der Waals surface area contributed by atoms with Gasteiger partial charge < -0.3 is 5.11 Å². The van der Waals surface area contributed by atoms with E-state index in [0.29, 0.717) is 16.5 Å². The Bertz CT molecular complexity index is 1600. The van der Waals surface area contributed by atoms with Crippen molar-refractivity contribution >= 4 is 49.1 Å². The Labute approximate surface area is 165 Å². The standard InChI is InChI=1S/C25H12N2O2/c26-12-21-15-5-1-2-6-16(15)22(13-27)24-19-10-9-14(25(28)29)11-20(19)17-7-3-4-8-18(17)23(21)24/h1-11H,(H,28,29). The molecule has 0 spiro atoms. The third-order valence-electron chi connectivity index (χ3n) is 5.46. The lowest BCUT2D eigenvalue weighted by molar-refractivity contribution is 0.0697. The molecule has 134 valence electrons. The lowest BCUT2D eigenvalue weighted by Gasteiger charge is -2.15. The molecule has 4 heteroatoms. The molecular formula is C25H12N2O2. The molecule has 5 rings (SSSR count). The van der Waals surface area contributed by atoms with Gasteiger partial charge >= 0.3 is 5.97 Å². The van der Waals surface area contributed by atoms with Gasteiger partial charge in [-0.15, -0.1) is 0 Å². The molecule has 0 heterocycles. The molecule has 0 unspecified atom stereocenters. The van der Waals surface area contributed by atoms with Gasteiger partial charge in [0.05, 0.1) is 16.7 Å². The Kier molecular flexibility index (Phi) is 3.50. The minimum atomic E-state index is -1.01. The smallest absolute Gasteiger partial charge is 0.335 e. The summed E-state index contributed by atoms with van der Waals surface area (Å²) in [6.45, 7) is 0. The monoisotopic (exact) mass is 372 g/mol. The van der Waals surface area contributed by atoms with Crippen LogP contribution in [-0.2, 0) is 0 Å². The zero-order chi connectivity index (χ0) is 20.1. The number of aromatic carboxylic acids is 1. The van der Waals surface area contributed by atoms with Crippen molar-refractivity contribution in [3.05, 3.63) is 83.4 Å². The number of fused-ring (bicyclic) bond motifs is 7. The number of benzene rings is 5. The molecule has 0 amide bonds. The third-order valence-corrected chi connectivity index (χ3v) is 5.46. The van der Waals surface area contributed by atoms with E-state index < -0.39 is 5.97 Å². The maximum atomic E-state index is 11.5. The highest BCUT2D eigenvalue weighted by Crippen LogP contribution is 2.42. The number of carbonyl (C=O) groups is 1. The molecule has 5 aromatic rings. The molecule has 5 aromatic carbocycles. The van der Waals surface area contributed by atoms with Crippen molar-refractivity contribution in [1.29, 1.82) is 10.5 Å². The summed E-state index contributed by atoms with van der Waals surface area (Å²) in [4.78, 5) is 11.5. The van der Waals surface area contributed by atoms with Crippen molar-refractivity contribution in [2.45, 2.75) is 0 Å². The van der Waals surface area contributed by atoms with Crippen LogP contribution in [0.2, 0.25) is 0 Å². The molecule has 1 N–H and O–H groups in total. The zero-order valence-electron chi connectivity index (χ0n) is 15.1. The summed E-state index contributed by atoms with van der Waals surface area (Å²) < 4.78 is 0. The number of rotatable bonds is 1. The van der Waals surface area contributed by atoms with Gasteiger partial charge in [-0.25, -0.2) is 4.79 Å². The number of nitrogens with zero attached hydrogens (tertiary/aromatic N) is 2. The Morgan fingerprint density at radius 3 is 1.66 bits per heavy atom. The van der Waals surface area contributed by atoms with Crippen LogP contribution in [-0.4, -0.2) is 11.1 Å². The summed E-state index contributed by atoms with van der Waals surface area (Å²) in [5, 5.41) is 35.6. The van der Waals surface area contributed by atoms with Crippen molar-refractivity contribution < 1.29 is 9.90 Å². The third kappa shape index (κ3) is 2.21. The van der Waals surface area contributed by atoms with Crippen molar-refractivity contribution in [1.82, 2.24) is 0 Å². The quantitative estimate of drug-likeness (QED) is 0.300. The maximum absolute atomic E-state index is 11.5. The van der Waals surface area contributed by atoms with E-state index in [1.54, 1.807) is 18.2 Å². The lowest BCUT2D eigenvalue weighted by Crippen LogP contribution is -1.97. The molecule has 0 bridgehead atoms. The Hall–Kier alpha value is -4.41. The van der Waals surface area contributed by atoms with Crippen molar-refractivity contribution in [3.8, 4) is 12.1 Å². The van der Waals surface area contributed by atoms with Crippen LogP contribution in [0, 0.1) is 22.7 Å². The second-order valence-corrected chi connectivity index (χ2v) is 6.88. The molecule has 0 aliphatic heterocycles. The minimum Gasteiger partial charge on any atom is -0.478 e. The van der Waals surface area contributed by atoms with E-state index in [-0.39, 0.29) is 5.56 Å². The molecule has 0 aliphatic carbocycles. The van der Waals surface area contributed by atoms with Gasteiger partial charge in [0.1, 0.15) is 12.1 Å². The molecule has 0 radical (unpaired) electrons. The summed E-state index contributed by atoms with van der Waals surface area (Å²) in [5.41, 5.74) is 1.20. The summed E-state index contributed by atoms with van der Waals surface area (Å²) in [6, 6.07) is 24.6. The van der Waals surface area contributed by atoms with E-state index in [9.17, 15) is 20.4 Å². The van der Waals surface area contributed by atoms with Gasteiger partial charge in [-0.3, -0.25) is 0 Å². The van der Waals surface area contributed by atoms with E-state index in [1.807, 2.05) is 48.5 Å². The fourth-order valence-corrected chi connectivity index (χ4v) is 4.26. The number of nitriles is 2. The first-order valence-corrected chi connectivity index (χ1v) is 9.02. The van der Waals surface area contributed by atoms with Gasteiger partial charge in [-0.2, -0.15) is 10.5 Å². The normalized spacial score (nSPS) is 11.0. The number of hydrogen-bond donors (Lipinski definition) is 1. The minimum absolute atomic E-state index is 0.182. The van der Waals surface area contributed by atoms with Crippen LogP contribution < -0.4 is 0 Å². The highest BCUT2D eigenvalue weighted by molar-refractivity contribution is 6.31. The largest absolute Gasteiger partial charge is 0.478 e. The molecule has 29 heavy (non-hydrogen) atoms. The number of carboxylic acid groups (broad SMARTS) is 1. The molecular weight excluding hydrogens is 360 g/mol. The van der Waals surface area contributed by atoms with Crippen molar-refractivity contribution in [3.63, 3.8) is 0 Å². The van der Waals surface area contributed by atoms with Crippen LogP contribution in [0.5, 0.6) is 0 Å². The predicted molar refractivity (Wildman–Crippen MR) is 113 cm³/mol. The van der Waals surface area contributed by atoms with Gasteiger partial charge in [-0.1, -0.05) is 54.6 Å². The van der Waals surface area contributed by atoms with E-state index in [4.69, 9.17) is 0 Å². The summed E-state index contributed by atoms with van der Waals surface area (Å²) in [6.07, 6.45) is 0.